The summed E-state index contributed by atoms with van der Waals surface area (Å²) in [5.74, 6) is 0.933. The van der Waals surface area contributed by atoms with Gasteiger partial charge in [-0.15, -0.1) is 6.58 Å². The summed E-state index contributed by atoms with van der Waals surface area (Å²) in [4.78, 5) is 13.6. The van der Waals surface area contributed by atoms with Crippen molar-refractivity contribution in [2.24, 2.45) is 5.92 Å². The summed E-state index contributed by atoms with van der Waals surface area (Å²) in [5, 5.41) is 7.85. The average Bonchev–Trinajstić information content (AvgIpc) is 3.05. The van der Waals surface area contributed by atoms with E-state index < -0.39 is 0 Å². The summed E-state index contributed by atoms with van der Waals surface area (Å²) in [6, 6.07) is 9.38. The van der Waals surface area contributed by atoms with Gasteiger partial charge in [-0.05, 0) is 12.1 Å². The summed E-state index contributed by atoms with van der Waals surface area (Å²) in [5.41, 5.74) is 1.79. The first kappa shape index (κ1) is 12.9. The van der Waals surface area contributed by atoms with Gasteiger partial charge in [-0.2, -0.15) is 5.10 Å². The minimum Gasteiger partial charge on any atom is -0.295 e. The summed E-state index contributed by atoms with van der Waals surface area (Å²) >= 11 is 5.98. The molecule has 1 aliphatic rings. The number of hydrogen-bond donors (Lipinski definition) is 1. The molecule has 1 aliphatic heterocycles. The van der Waals surface area contributed by atoms with Crippen LogP contribution in [0.25, 0.3) is 11.3 Å². The molecule has 1 unspecified atom stereocenters. The molecule has 3 rings (SSSR count). The van der Waals surface area contributed by atoms with Crippen molar-refractivity contribution >= 4 is 23.3 Å². The lowest BCUT2D eigenvalue weighted by Crippen LogP contribution is -2.24. The zero-order valence-corrected chi connectivity index (χ0v) is 11.6. The van der Waals surface area contributed by atoms with Crippen molar-refractivity contribution in [3.05, 3.63) is 48.0 Å². The normalized spacial score (nSPS) is 18.6. The fourth-order valence-corrected chi connectivity index (χ4v) is 2.56. The van der Waals surface area contributed by atoms with Crippen LogP contribution in [0, 0.1) is 5.92 Å². The summed E-state index contributed by atoms with van der Waals surface area (Å²) in [6.45, 7) is 4.39. The number of nitrogens with zero attached hydrogens (tertiary/aromatic N) is 2. The van der Waals surface area contributed by atoms with E-state index in [1.165, 1.54) is 0 Å². The number of hydrogen-bond acceptors (Lipinski definition) is 2. The SMILES string of the molecule is C=CC1CC(=O)N(c2cc(-c3cccc(Cl)c3)[nH]n2)C1. The molecule has 1 aromatic carbocycles. The number of H-pyrrole nitrogens is 1. The summed E-state index contributed by atoms with van der Waals surface area (Å²) in [6.07, 6.45) is 2.32. The van der Waals surface area contributed by atoms with Gasteiger partial charge >= 0.3 is 0 Å². The Bertz CT molecular complexity index is 665. The minimum atomic E-state index is 0.0824. The van der Waals surface area contributed by atoms with Gasteiger partial charge in [0.1, 0.15) is 0 Å². The van der Waals surface area contributed by atoms with Crippen LogP contribution in [0.1, 0.15) is 6.42 Å². The smallest absolute Gasteiger partial charge is 0.228 e. The lowest BCUT2D eigenvalue weighted by Gasteiger charge is -2.11. The maximum absolute atomic E-state index is 11.9. The van der Waals surface area contributed by atoms with Crippen molar-refractivity contribution in [3.8, 4) is 11.3 Å². The molecule has 0 spiro atoms. The van der Waals surface area contributed by atoms with E-state index in [2.05, 4.69) is 16.8 Å². The zero-order valence-electron chi connectivity index (χ0n) is 10.8. The van der Waals surface area contributed by atoms with Gasteiger partial charge in [0, 0.05) is 35.5 Å². The van der Waals surface area contributed by atoms with Gasteiger partial charge < -0.3 is 0 Å². The van der Waals surface area contributed by atoms with Crippen LogP contribution in [0.5, 0.6) is 0 Å². The standard InChI is InChI=1S/C15H14ClN3O/c1-2-10-6-15(20)19(9-10)14-8-13(17-18-14)11-4-3-5-12(16)7-11/h2-5,7-8,10H,1,6,9H2,(H,17,18). The first-order chi connectivity index (χ1) is 9.67. The highest BCUT2D eigenvalue weighted by molar-refractivity contribution is 6.30. The molecule has 0 radical (unpaired) electrons. The molecule has 1 saturated heterocycles. The average molecular weight is 288 g/mol. The maximum Gasteiger partial charge on any atom is 0.228 e. The number of nitrogens with one attached hydrogen (secondary N) is 1. The molecule has 4 nitrogen and oxygen atoms in total. The third-order valence-corrected chi connectivity index (χ3v) is 3.70. The van der Waals surface area contributed by atoms with E-state index in [0.29, 0.717) is 23.8 Å². The second kappa shape index (κ2) is 5.13. The van der Waals surface area contributed by atoms with Crippen LogP contribution >= 0.6 is 11.6 Å². The van der Waals surface area contributed by atoms with Crippen molar-refractivity contribution in [2.75, 3.05) is 11.4 Å². The molecule has 0 bridgehead atoms. The second-order valence-corrected chi connectivity index (χ2v) is 5.29. The van der Waals surface area contributed by atoms with Crippen LogP contribution in [0.2, 0.25) is 5.02 Å². The van der Waals surface area contributed by atoms with Gasteiger partial charge in [-0.3, -0.25) is 14.8 Å². The fraction of sp³-hybridized carbons (Fsp3) is 0.200. The predicted octanol–water partition coefficient (Wildman–Crippen LogP) is 3.27. The molecule has 5 heteroatoms. The lowest BCUT2D eigenvalue weighted by molar-refractivity contribution is -0.117. The second-order valence-electron chi connectivity index (χ2n) is 4.85. The molecule has 1 amide bonds. The quantitative estimate of drug-likeness (QED) is 0.881. The van der Waals surface area contributed by atoms with Crippen molar-refractivity contribution in [1.29, 1.82) is 0 Å². The van der Waals surface area contributed by atoms with Crippen molar-refractivity contribution < 1.29 is 4.79 Å². The largest absolute Gasteiger partial charge is 0.295 e. The molecule has 2 aromatic rings. The third kappa shape index (κ3) is 2.34. The monoisotopic (exact) mass is 287 g/mol. The Morgan fingerprint density at radius 1 is 1.45 bits per heavy atom. The van der Waals surface area contributed by atoms with Gasteiger partial charge in [0.05, 0.1) is 5.69 Å². The van der Waals surface area contributed by atoms with Gasteiger partial charge in [0.25, 0.3) is 0 Å². The summed E-state index contributed by atoms with van der Waals surface area (Å²) in [7, 11) is 0. The van der Waals surface area contributed by atoms with E-state index in [1.807, 2.05) is 36.4 Å². The molecule has 0 aliphatic carbocycles. The van der Waals surface area contributed by atoms with E-state index in [4.69, 9.17) is 11.6 Å². The van der Waals surface area contributed by atoms with Crippen molar-refractivity contribution in [3.63, 3.8) is 0 Å². The topological polar surface area (TPSA) is 49.0 Å². The number of halogens is 1. The number of carbonyl (C=O) groups excluding carboxylic acids is 1. The first-order valence-electron chi connectivity index (χ1n) is 6.41. The van der Waals surface area contributed by atoms with E-state index in [0.717, 1.165) is 11.3 Å². The third-order valence-electron chi connectivity index (χ3n) is 3.46. The fourth-order valence-electron chi connectivity index (χ4n) is 2.37. The number of aromatic nitrogens is 2. The van der Waals surface area contributed by atoms with Gasteiger partial charge in [-0.1, -0.05) is 29.8 Å². The van der Waals surface area contributed by atoms with E-state index in [-0.39, 0.29) is 11.8 Å². The van der Waals surface area contributed by atoms with Crippen LogP contribution in [0.3, 0.4) is 0 Å². The Kier molecular flexibility index (Phi) is 3.32. The first-order valence-corrected chi connectivity index (χ1v) is 6.79. The van der Waals surface area contributed by atoms with E-state index >= 15 is 0 Å². The summed E-state index contributed by atoms with van der Waals surface area (Å²) < 4.78 is 0. The van der Waals surface area contributed by atoms with Crippen LogP contribution in [-0.2, 0) is 4.79 Å². The van der Waals surface area contributed by atoms with E-state index in [9.17, 15) is 4.79 Å². The number of rotatable bonds is 3. The zero-order chi connectivity index (χ0) is 14.1. The van der Waals surface area contributed by atoms with Crippen LogP contribution in [0.4, 0.5) is 5.82 Å². The number of carbonyl (C=O) groups is 1. The number of anilines is 1. The Morgan fingerprint density at radius 2 is 2.30 bits per heavy atom. The maximum atomic E-state index is 11.9. The molecule has 1 N–H and O–H groups in total. The minimum absolute atomic E-state index is 0.0824. The van der Waals surface area contributed by atoms with Gasteiger partial charge in [0.15, 0.2) is 5.82 Å². The van der Waals surface area contributed by atoms with Gasteiger partial charge in [0.2, 0.25) is 5.91 Å². The van der Waals surface area contributed by atoms with Crippen molar-refractivity contribution in [2.45, 2.75) is 6.42 Å². The molecule has 2 heterocycles. The number of aromatic amines is 1. The number of benzene rings is 1. The molecule has 1 fully saturated rings. The Morgan fingerprint density at radius 3 is 3.00 bits per heavy atom. The predicted molar refractivity (Wildman–Crippen MR) is 79.7 cm³/mol. The Labute approximate surface area is 122 Å². The highest BCUT2D eigenvalue weighted by Crippen LogP contribution is 2.28. The molecule has 102 valence electrons. The molecular formula is C15H14ClN3O. The molecule has 1 aromatic heterocycles. The highest BCUT2D eigenvalue weighted by Gasteiger charge is 2.30. The van der Waals surface area contributed by atoms with Crippen molar-refractivity contribution in [1.82, 2.24) is 10.2 Å². The van der Waals surface area contributed by atoms with Crippen LogP contribution in [-0.4, -0.2) is 22.6 Å². The molecule has 20 heavy (non-hydrogen) atoms. The molecule has 1 atom stereocenters. The van der Waals surface area contributed by atoms with Gasteiger partial charge in [-0.25, -0.2) is 0 Å². The Balaban J connectivity index is 1.87. The molecular weight excluding hydrogens is 274 g/mol. The highest BCUT2D eigenvalue weighted by atomic mass is 35.5. The lowest BCUT2D eigenvalue weighted by atomic mass is 10.1. The Hall–Kier alpha value is -2.07. The van der Waals surface area contributed by atoms with Crippen LogP contribution in [0.15, 0.2) is 43.0 Å². The number of amides is 1. The van der Waals surface area contributed by atoms with E-state index in [1.54, 1.807) is 4.90 Å². The van der Waals surface area contributed by atoms with Crippen LogP contribution < -0.4 is 4.90 Å². The molecule has 0 saturated carbocycles.